The highest BCUT2D eigenvalue weighted by molar-refractivity contribution is 6.11. The van der Waals surface area contributed by atoms with E-state index in [0.717, 1.165) is 11.6 Å². The second-order valence-corrected chi connectivity index (χ2v) is 3.71. The Balaban J connectivity index is 3.29. The van der Waals surface area contributed by atoms with Gasteiger partial charge in [0.1, 0.15) is 0 Å². The number of hydrogen-bond donors (Lipinski definition) is 1. The van der Waals surface area contributed by atoms with Crippen molar-refractivity contribution in [3.63, 3.8) is 0 Å². The maximum Gasteiger partial charge on any atom is 0.0244 e. The summed E-state index contributed by atoms with van der Waals surface area (Å²) in [5, 5.41) is 3.28. The minimum absolute atomic E-state index is 0.806. The predicted octanol–water partition coefficient (Wildman–Crippen LogP) is -0.0566. The SMILES string of the molecule is CCC(C)C([SiH3])NC. The molecule has 0 bridgehead atoms. The molecule has 1 N–H and O–H groups in total. The van der Waals surface area contributed by atoms with Crippen LogP contribution in [0.4, 0.5) is 0 Å². The van der Waals surface area contributed by atoms with Gasteiger partial charge in [0.25, 0.3) is 0 Å². The summed E-state index contributed by atoms with van der Waals surface area (Å²) in [6.45, 7) is 4.54. The normalized spacial score (nSPS) is 18.4. The minimum Gasteiger partial charge on any atom is -0.320 e. The van der Waals surface area contributed by atoms with Gasteiger partial charge in [-0.15, -0.1) is 0 Å². The molecule has 0 rings (SSSR count). The van der Waals surface area contributed by atoms with Crippen molar-refractivity contribution in [1.29, 1.82) is 0 Å². The largest absolute Gasteiger partial charge is 0.320 e. The van der Waals surface area contributed by atoms with Crippen LogP contribution in [-0.4, -0.2) is 23.0 Å². The number of nitrogens with one attached hydrogen (secondary N) is 1. The van der Waals surface area contributed by atoms with E-state index in [9.17, 15) is 0 Å². The summed E-state index contributed by atoms with van der Waals surface area (Å²) >= 11 is 0. The third kappa shape index (κ3) is 2.48. The summed E-state index contributed by atoms with van der Waals surface area (Å²) < 4.78 is 0. The van der Waals surface area contributed by atoms with Gasteiger partial charge in [-0.1, -0.05) is 20.3 Å². The van der Waals surface area contributed by atoms with Crippen molar-refractivity contribution in [2.75, 3.05) is 7.05 Å². The van der Waals surface area contributed by atoms with Crippen LogP contribution in [0.15, 0.2) is 0 Å². The molecule has 2 unspecified atom stereocenters. The Morgan fingerprint density at radius 3 is 2.25 bits per heavy atom. The number of hydrogen-bond acceptors (Lipinski definition) is 1. The van der Waals surface area contributed by atoms with Gasteiger partial charge < -0.3 is 5.32 Å². The molecule has 50 valence electrons. The Morgan fingerprint density at radius 2 is 2.12 bits per heavy atom. The molecule has 2 heteroatoms. The molecule has 0 aromatic carbocycles. The highest BCUT2D eigenvalue weighted by Gasteiger charge is 2.04. The van der Waals surface area contributed by atoms with E-state index in [4.69, 9.17) is 0 Å². The minimum atomic E-state index is 0.806. The van der Waals surface area contributed by atoms with Crippen LogP contribution < -0.4 is 5.32 Å². The van der Waals surface area contributed by atoms with Crippen molar-refractivity contribution in [2.45, 2.75) is 25.9 Å². The average Bonchev–Trinajstić information content (AvgIpc) is 1.84. The molecule has 0 aliphatic carbocycles. The fraction of sp³-hybridized carbons (Fsp3) is 1.00. The van der Waals surface area contributed by atoms with Gasteiger partial charge in [-0.25, -0.2) is 0 Å². The summed E-state index contributed by atoms with van der Waals surface area (Å²) in [4.78, 5) is 0. The lowest BCUT2D eigenvalue weighted by molar-refractivity contribution is 0.485. The van der Waals surface area contributed by atoms with E-state index in [1.54, 1.807) is 0 Å². The maximum absolute atomic E-state index is 3.28. The summed E-state index contributed by atoms with van der Waals surface area (Å²) in [7, 11) is 3.32. The molecule has 0 aromatic rings. The van der Waals surface area contributed by atoms with Gasteiger partial charge in [0.15, 0.2) is 0 Å². The van der Waals surface area contributed by atoms with Crippen molar-refractivity contribution in [1.82, 2.24) is 5.32 Å². The fourth-order valence-electron chi connectivity index (χ4n) is 0.638. The molecule has 0 aromatic heterocycles. The lowest BCUT2D eigenvalue weighted by Gasteiger charge is -2.16. The van der Waals surface area contributed by atoms with Gasteiger partial charge in [-0.3, -0.25) is 0 Å². The van der Waals surface area contributed by atoms with E-state index in [0.29, 0.717) is 0 Å². The van der Waals surface area contributed by atoms with E-state index in [2.05, 4.69) is 19.2 Å². The summed E-state index contributed by atoms with van der Waals surface area (Å²) in [5.74, 6) is 0.867. The Bertz CT molecular complexity index is 48.5. The van der Waals surface area contributed by atoms with E-state index in [1.807, 2.05) is 7.05 Å². The van der Waals surface area contributed by atoms with E-state index in [-0.39, 0.29) is 0 Å². The molecule has 0 aliphatic heterocycles. The highest BCUT2D eigenvalue weighted by Crippen LogP contribution is 2.02. The Morgan fingerprint density at radius 1 is 1.62 bits per heavy atom. The molecule has 0 saturated carbocycles. The zero-order valence-corrected chi connectivity index (χ0v) is 8.36. The predicted molar refractivity (Wildman–Crippen MR) is 42.2 cm³/mol. The van der Waals surface area contributed by atoms with Crippen molar-refractivity contribution in [2.24, 2.45) is 5.92 Å². The average molecular weight is 131 g/mol. The van der Waals surface area contributed by atoms with Crippen molar-refractivity contribution < 1.29 is 0 Å². The summed E-state index contributed by atoms with van der Waals surface area (Å²) in [6.07, 6.45) is 1.30. The first-order chi connectivity index (χ1) is 3.72. The van der Waals surface area contributed by atoms with Crippen LogP contribution in [0.25, 0.3) is 0 Å². The molecular weight excluding hydrogens is 114 g/mol. The van der Waals surface area contributed by atoms with Crippen molar-refractivity contribution in [3.05, 3.63) is 0 Å². The van der Waals surface area contributed by atoms with Crippen molar-refractivity contribution >= 4 is 10.2 Å². The Labute approximate surface area is 55.3 Å². The molecule has 0 fully saturated rings. The molecule has 0 saturated heterocycles. The molecule has 8 heavy (non-hydrogen) atoms. The van der Waals surface area contributed by atoms with Gasteiger partial charge in [0.05, 0.1) is 0 Å². The second-order valence-electron chi connectivity index (χ2n) is 2.46. The molecule has 0 aliphatic rings. The lowest BCUT2D eigenvalue weighted by atomic mass is 10.1. The van der Waals surface area contributed by atoms with Crippen LogP contribution in [0.1, 0.15) is 20.3 Å². The second kappa shape index (κ2) is 4.10. The van der Waals surface area contributed by atoms with Gasteiger partial charge in [0.2, 0.25) is 0 Å². The van der Waals surface area contributed by atoms with E-state index < -0.39 is 0 Å². The topological polar surface area (TPSA) is 12.0 Å². The van der Waals surface area contributed by atoms with Crippen LogP contribution >= 0.6 is 0 Å². The molecule has 0 spiro atoms. The third-order valence-electron chi connectivity index (χ3n) is 1.95. The van der Waals surface area contributed by atoms with E-state index >= 15 is 0 Å². The standard InChI is InChI=1S/C6H17NSi/c1-4-5(2)6(8)7-3/h5-7H,4H2,1-3,8H3. The maximum atomic E-state index is 3.28. The van der Waals surface area contributed by atoms with Crippen LogP contribution in [0, 0.1) is 5.92 Å². The highest BCUT2D eigenvalue weighted by atomic mass is 28.1. The molecule has 0 heterocycles. The number of rotatable bonds is 3. The summed E-state index contributed by atoms with van der Waals surface area (Å²) in [6, 6.07) is 0. The zero-order valence-electron chi connectivity index (χ0n) is 6.36. The lowest BCUT2D eigenvalue weighted by Crippen LogP contribution is -2.31. The summed E-state index contributed by atoms with van der Waals surface area (Å²) in [5.41, 5.74) is 0.806. The molecule has 1 nitrogen and oxygen atoms in total. The Hall–Kier alpha value is 0.177. The first kappa shape index (κ1) is 8.18. The molecule has 0 amide bonds. The molecule has 0 radical (unpaired) electrons. The molecule has 2 atom stereocenters. The van der Waals surface area contributed by atoms with Crippen LogP contribution in [0.5, 0.6) is 0 Å². The Kier molecular flexibility index (Phi) is 4.19. The fourth-order valence-corrected chi connectivity index (χ4v) is 1.11. The van der Waals surface area contributed by atoms with Crippen LogP contribution in [0.2, 0.25) is 0 Å². The van der Waals surface area contributed by atoms with Gasteiger partial charge in [-0.05, 0) is 18.6 Å². The van der Waals surface area contributed by atoms with Crippen molar-refractivity contribution in [3.8, 4) is 0 Å². The third-order valence-corrected chi connectivity index (χ3v) is 3.67. The van der Waals surface area contributed by atoms with E-state index in [1.165, 1.54) is 16.7 Å². The first-order valence-corrected chi connectivity index (χ1v) is 4.55. The van der Waals surface area contributed by atoms with Gasteiger partial charge in [0, 0.05) is 10.2 Å². The zero-order chi connectivity index (χ0) is 6.57. The van der Waals surface area contributed by atoms with Crippen LogP contribution in [0.3, 0.4) is 0 Å². The molecular formula is C6H17NSi. The first-order valence-electron chi connectivity index (χ1n) is 3.39. The quantitative estimate of drug-likeness (QED) is 0.529. The van der Waals surface area contributed by atoms with Gasteiger partial charge in [-0.2, -0.15) is 0 Å². The smallest absolute Gasteiger partial charge is 0.0244 e. The van der Waals surface area contributed by atoms with Gasteiger partial charge >= 0.3 is 0 Å². The van der Waals surface area contributed by atoms with Crippen LogP contribution in [-0.2, 0) is 0 Å². The monoisotopic (exact) mass is 131 g/mol.